The van der Waals surface area contributed by atoms with Crippen LogP contribution in [0.2, 0.25) is 0 Å². The monoisotopic (exact) mass is 575 g/mol. The van der Waals surface area contributed by atoms with Gasteiger partial charge in [0.05, 0.1) is 35.2 Å². The van der Waals surface area contributed by atoms with E-state index in [9.17, 15) is 14.0 Å². The van der Waals surface area contributed by atoms with Crippen LogP contribution in [0.5, 0.6) is 0 Å². The minimum Gasteiger partial charge on any atom is -0.372 e. The molecular weight excluding hydrogens is 549 g/mol. The lowest BCUT2D eigenvalue weighted by Crippen LogP contribution is -2.33. The smallest absolute Gasteiger partial charge is 0.276 e. The molecule has 5 aromatic rings. The third kappa shape index (κ3) is 4.68. The topological polar surface area (TPSA) is 71.5 Å². The number of ether oxygens (including phenoxy) is 1. The number of nitrogens with zero attached hydrogens (tertiary/aromatic N) is 2. The van der Waals surface area contributed by atoms with E-state index in [0.29, 0.717) is 42.3 Å². The maximum Gasteiger partial charge on any atom is 0.276 e. The van der Waals surface area contributed by atoms with Crippen LogP contribution in [0.1, 0.15) is 42.4 Å². The number of thiophene rings is 1. The number of nitrogens with one attached hydrogen (secondary N) is 1. The summed E-state index contributed by atoms with van der Waals surface area (Å²) in [5.41, 5.74) is 7.83. The maximum atomic E-state index is 14.4. The Morgan fingerprint density at radius 3 is 2.64 bits per heavy atom. The number of amides is 2. The van der Waals surface area contributed by atoms with Gasteiger partial charge in [0.25, 0.3) is 11.8 Å². The van der Waals surface area contributed by atoms with E-state index in [1.165, 1.54) is 23.0 Å². The summed E-state index contributed by atoms with van der Waals surface area (Å²) in [5, 5.41) is 2.74. The van der Waals surface area contributed by atoms with Crippen molar-refractivity contribution in [2.45, 2.75) is 26.6 Å². The van der Waals surface area contributed by atoms with Gasteiger partial charge < -0.3 is 15.0 Å². The Kier molecular flexibility index (Phi) is 6.64. The average Bonchev–Trinajstić information content (AvgIpc) is 3.63. The molecular formula is C34H26FN3O3S. The summed E-state index contributed by atoms with van der Waals surface area (Å²) in [7, 11) is 0. The van der Waals surface area contributed by atoms with Crippen molar-refractivity contribution in [3.8, 4) is 21.7 Å². The number of rotatable bonds is 4. The first-order valence-electron chi connectivity index (χ1n) is 13.7. The maximum absolute atomic E-state index is 14.4. The summed E-state index contributed by atoms with van der Waals surface area (Å²) < 4.78 is 19.9. The number of aryl methyl sites for hydroxylation is 1. The first-order valence-corrected chi connectivity index (χ1v) is 14.6. The number of anilines is 2. The minimum absolute atomic E-state index is 0.183. The van der Waals surface area contributed by atoms with Gasteiger partial charge in [-0.05, 0) is 72.0 Å². The zero-order chi connectivity index (χ0) is 28.8. The number of halogens is 1. The van der Waals surface area contributed by atoms with Crippen LogP contribution in [0.15, 0.2) is 84.9 Å². The highest BCUT2D eigenvalue weighted by molar-refractivity contribution is 7.17. The summed E-state index contributed by atoms with van der Waals surface area (Å²) in [6, 6.07) is 26.0. The number of hydrogen-bond acceptors (Lipinski definition) is 5. The molecule has 0 saturated heterocycles. The van der Waals surface area contributed by atoms with Gasteiger partial charge in [-0.25, -0.2) is 9.37 Å². The van der Waals surface area contributed by atoms with E-state index in [1.54, 1.807) is 30.0 Å². The molecule has 0 atom stereocenters. The van der Waals surface area contributed by atoms with Crippen LogP contribution in [0.3, 0.4) is 0 Å². The average molecular weight is 576 g/mol. The first-order chi connectivity index (χ1) is 20.5. The second kappa shape index (κ2) is 10.6. The molecule has 4 heterocycles. The van der Waals surface area contributed by atoms with Gasteiger partial charge in [0.2, 0.25) is 0 Å². The van der Waals surface area contributed by atoms with E-state index in [0.717, 1.165) is 38.5 Å². The highest BCUT2D eigenvalue weighted by Gasteiger charge is 2.28. The lowest BCUT2D eigenvalue weighted by molar-refractivity contribution is 0.0981. The van der Waals surface area contributed by atoms with Crippen LogP contribution in [0.25, 0.3) is 21.7 Å². The van der Waals surface area contributed by atoms with Gasteiger partial charge in [-0.1, -0.05) is 48.5 Å². The Labute approximate surface area is 246 Å². The number of pyridine rings is 1. The van der Waals surface area contributed by atoms with Gasteiger partial charge in [-0.3, -0.25) is 9.59 Å². The lowest BCUT2D eigenvalue weighted by atomic mass is 10.0. The Balaban J connectivity index is 1.19. The van der Waals surface area contributed by atoms with Crippen molar-refractivity contribution in [3.05, 3.63) is 124 Å². The van der Waals surface area contributed by atoms with Gasteiger partial charge >= 0.3 is 0 Å². The fourth-order valence-electron chi connectivity index (χ4n) is 5.57. The number of carbonyl (C=O) groups is 2. The third-order valence-electron chi connectivity index (χ3n) is 7.77. The molecule has 0 radical (unpaired) electrons. The highest BCUT2D eigenvalue weighted by Crippen LogP contribution is 2.42. The van der Waals surface area contributed by atoms with E-state index in [1.807, 2.05) is 48.5 Å². The molecule has 2 amide bonds. The standard InChI is InChI=1S/C34H26FN3O3S/c1-20-6-4-8-26(35)31(20)37-33(39)30-17-22-14-15-38(29-11-3-2-7-25(29)32(22)42-30)34(40)28-10-5-9-27(36-28)21-12-13-23-18-41-19-24(23)16-21/h2-13,16-17H,14-15,18-19H2,1H3,(H,37,39). The van der Waals surface area contributed by atoms with Crippen LogP contribution in [-0.4, -0.2) is 23.3 Å². The van der Waals surface area contributed by atoms with Crippen LogP contribution >= 0.6 is 11.3 Å². The molecule has 0 saturated carbocycles. The van der Waals surface area contributed by atoms with E-state index in [4.69, 9.17) is 9.72 Å². The molecule has 8 heteroatoms. The van der Waals surface area contributed by atoms with Crippen molar-refractivity contribution in [1.82, 2.24) is 4.98 Å². The van der Waals surface area contributed by atoms with Crippen molar-refractivity contribution in [1.29, 1.82) is 0 Å². The van der Waals surface area contributed by atoms with Crippen LogP contribution in [0.4, 0.5) is 15.8 Å². The molecule has 1 N–H and O–H groups in total. The molecule has 208 valence electrons. The van der Waals surface area contributed by atoms with Crippen molar-refractivity contribution in [2.75, 3.05) is 16.8 Å². The largest absolute Gasteiger partial charge is 0.372 e. The quantitative estimate of drug-likeness (QED) is 0.242. The molecule has 0 aliphatic carbocycles. The summed E-state index contributed by atoms with van der Waals surface area (Å²) in [6.45, 7) is 3.39. The predicted octanol–water partition coefficient (Wildman–Crippen LogP) is 7.41. The third-order valence-corrected chi connectivity index (χ3v) is 8.98. The number of hydrogen-bond donors (Lipinski definition) is 1. The van der Waals surface area contributed by atoms with Gasteiger partial charge in [0.15, 0.2) is 0 Å². The zero-order valence-corrected chi connectivity index (χ0v) is 23.6. The van der Waals surface area contributed by atoms with Crippen molar-refractivity contribution < 1.29 is 18.7 Å². The van der Waals surface area contributed by atoms with Crippen LogP contribution < -0.4 is 10.2 Å². The second-order valence-electron chi connectivity index (χ2n) is 10.5. The molecule has 2 aromatic heterocycles. The number of carbonyl (C=O) groups excluding carboxylic acids is 2. The molecule has 3 aromatic carbocycles. The van der Waals surface area contributed by atoms with Crippen molar-refractivity contribution in [2.24, 2.45) is 0 Å². The molecule has 6 nitrogen and oxygen atoms in total. The normalized spacial score (nSPS) is 13.6. The predicted molar refractivity (Wildman–Crippen MR) is 162 cm³/mol. The fraction of sp³-hybridized carbons (Fsp3) is 0.147. The Bertz CT molecular complexity index is 1860. The first kappa shape index (κ1) is 26.3. The van der Waals surface area contributed by atoms with E-state index in [2.05, 4.69) is 17.4 Å². The molecule has 0 bridgehead atoms. The van der Waals surface area contributed by atoms with E-state index >= 15 is 0 Å². The SMILES string of the molecule is Cc1cccc(F)c1NC(=O)c1cc2c(s1)-c1ccccc1N(C(=O)c1cccc(-c3ccc4c(c3)COC4)n1)CC2. The summed E-state index contributed by atoms with van der Waals surface area (Å²) in [5.74, 6) is -1.01. The molecule has 0 spiro atoms. The Morgan fingerprint density at radius 1 is 0.929 bits per heavy atom. The zero-order valence-electron chi connectivity index (χ0n) is 22.8. The fourth-order valence-corrected chi connectivity index (χ4v) is 6.71. The van der Waals surface area contributed by atoms with Crippen molar-refractivity contribution >= 4 is 34.5 Å². The number of benzene rings is 3. The number of aromatic nitrogens is 1. The van der Waals surface area contributed by atoms with E-state index in [-0.39, 0.29) is 17.5 Å². The van der Waals surface area contributed by atoms with Gasteiger partial charge in [0, 0.05) is 22.5 Å². The molecule has 2 aliphatic heterocycles. The van der Waals surface area contributed by atoms with Gasteiger partial charge in [-0.15, -0.1) is 11.3 Å². The lowest BCUT2D eigenvalue weighted by Gasteiger charge is -2.23. The summed E-state index contributed by atoms with van der Waals surface area (Å²) >= 11 is 1.35. The highest BCUT2D eigenvalue weighted by atomic mass is 32.1. The van der Waals surface area contributed by atoms with Gasteiger partial charge in [0.1, 0.15) is 11.5 Å². The molecule has 0 fully saturated rings. The molecule has 2 aliphatic rings. The molecule has 7 rings (SSSR count). The number of fused-ring (bicyclic) bond motifs is 4. The minimum atomic E-state index is -0.469. The second-order valence-corrected chi connectivity index (χ2v) is 11.5. The van der Waals surface area contributed by atoms with Crippen LogP contribution in [-0.2, 0) is 24.4 Å². The number of para-hydroxylation sites is 2. The van der Waals surface area contributed by atoms with Gasteiger partial charge in [-0.2, -0.15) is 0 Å². The molecule has 42 heavy (non-hydrogen) atoms. The summed E-state index contributed by atoms with van der Waals surface area (Å²) in [4.78, 5) is 35.1. The van der Waals surface area contributed by atoms with E-state index < -0.39 is 5.82 Å². The summed E-state index contributed by atoms with van der Waals surface area (Å²) in [6.07, 6.45) is 0.558. The van der Waals surface area contributed by atoms with Crippen LogP contribution in [0, 0.1) is 12.7 Å². The Morgan fingerprint density at radius 2 is 1.76 bits per heavy atom. The molecule has 0 unspecified atom stereocenters. The Hall–Kier alpha value is -4.66. The van der Waals surface area contributed by atoms with Crippen molar-refractivity contribution in [3.63, 3.8) is 0 Å².